The highest BCUT2D eigenvalue weighted by Crippen LogP contribution is 2.23. The predicted octanol–water partition coefficient (Wildman–Crippen LogP) is 3.05. The molecule has 0 aliphatic carbocycles. The van der Waals surface area contributed by atoms with Crippen LogP contribution in [0.5, 0.6) is 5.75 Å². The molecular formula is C19H23ClN2O4S. The van der Waals surface area contributed by atoms with E-state index >= 15 is 0 Å². The first-order valence-electron chi connectivity index (χ1n) is 8.46. The molecule has 2 aromatic carbocycles. The molecule has 2 aromatic rings. The van der Waals surface area contributed by atoms with Crippen LogP contribution in [0.1, 0.15) is 29.8 Å². The molecule has 0 aliphatic rings. The number of halogens is 1. The van der Waals surface area contributed by atoms with Crippen LogP contribution in [0.3, 0.4) is 0 Å². The molecule has 2 N–H and O–H groups in total. The van der Waals surface area contributed by atoms with Gasteiger partial charge in [-0.25, -0.2) is 8.42 Å². The third kappa shape index (κ3) is 5.22. The van der Waals surface area contributed by atoms with Gasteiger partial charge in [0.15, 0.2) is 0 Å². The second kappa shape index (κ2) is 8.73. The van der Waals surface area contributed by atoms with E-state index in [-0.39, 0.29) is 27.3 Å². The van der Waals surface area contributed by atoms with Crippen LogP contribution in [-0.4, -0.2) is 43.4 Å². The number of nitrogens with one attached hydrogen (secondary N) is 1. The van der Waals surface area contributed by atoms with Crippen molar-refractivity contribution in [1.29, 1.82) is 0 Å². The summed E-state index contributed by atoms with van der Waals surface area (Å²) in [6.07, 6.45) is 0.520. The number of aromatic hydroxyl groups is 1. The fraction of sp³-hybridized carbons (Fsp3) is 0.316. The number of rotatable bonds is 7. The van der Waals surface area contributed by atoms with E-state index in [0.717, 1.165) is 5.56 Å². The van der Waals surface area contributed by atoms with Gasteiger partial charge in [0.1, 0.15) is 5.75 Å². The molecule has 0 aliphatic heterocycles. The average molecular weight is 411 g/mol. The van der Waals surface area contributed by atoms with Crippen molar-refractivity contribution >= 4 is 27.5 Å². The Morgan fingerprint density at radius 3 is 2.56 bits per heavy atom. The second-order valence-corrected chi connectivity index (χ2v) is 8.84. The summed E-state index contributed by atoms with van der Waals surface area (Å²) >= 11 is 6.10. The number of hydrogen-bond acceptors (Lipinski definition) is 4. The van der Waals surface area contributed by atoms with Gasteiger partial charge in [-0.05, 0) is 56.2 Å². The molecule has 0 heterocycles. The third-order valence-corrected chi connectivity index (χ3v) is 6.56. The van der Waals surface area contributed by atoms with Crippen LogP contribution in [0.25, 0.3) is 0 Å². The van der Waals surface area contributed by atoms with Crippen molar-refractivity contribution in [3.05, 3.63) is 58.6 Å². The maximum atomic E-state index is 12.6. The van der Waals surface area contributed by atoms with Gasteiger partial charge < -0.3 is 10.4 Å². The van der Waals surface area contributed by atoms with Crippen molar-refractivity contribution in [3.8, 4) is 5.75 Å². The van der Waals surface area contributed by atoms with Gasteiger partial charge >= 0.3 is 0 Å². The smallest absolute Gasteiger partial charge is 0.252 e. The predicted molar refractivity (Wildman–Crippen MR) is 106 cm³/mol. The largest absolute Gasteiger partial charge is 0.508 e. The maximum absolute atomic E-state index is 12.6. The molecule has 0 bridgehead atoms. The monoisotopic (exact) mass is 410 g/mol. The second-order valence-electron chi connectivity index (χ2n) is 6.43. The fourth-order valence-corrected chi connectivity index (χ4v) is 4.01. The van der Waals surface area contributed by atoms with Crippen LogP contribution in [-0.2, 0) is 16.4 Å². The third-order valence-electron chi connectivity index (χ3n) is 4.20. The zero-order valence-corrected chi connectivity index (χ0v) is 17.0. The van der Waals surface area contributed by atoms with Crippen molar-refractivity contribution in [3.63, 3.8) is 0 Å². The van der Waals surface area contributed by atoms with Gasteiger partial charge in [0.2, 0.25) is 10.0 Å². The molecule has 6 nitrogen and oxygen atoms in total. The molecule has 0 spiro atoms. The Hall–Kier alpha value is -2.09. The van der Waals surface area contributed by atoms with E-state index in [9.17, 15) is 18.3 Å². The molecule has 0 saturated heterocycles. The Bertz CT molecular complexity index is 929. The highest BCUT2D eigenvalue weighted by atomic mass is 35.5. The number of nitrogens with zero attached hydrogens (tertiary/aromatic N) is 1. The van der Waals surface area contributed by atoms with Crippen molar-refractivity contribution in [2.24, 2.45) is 0 Å². The lowest BCUT2D eigenvalue weighted by atomic mass is 10.1. The van der Waals surface area contributed by atoms with Gasteiger partial charge in [-0.1, -0.05) is 23.7 Å². The molecule has 0 unspecified atom stereocenters. The molecule has 8 heteroatoms. The molecule has 2 rings (SSSR count). The van der Waals surface area contributed by atoms with E-state index in [1.54, 1.807) is 32.0 Å². The van der Waals surface area contributed by atoms with E-state index in [2.05, 4.69) is 5.32 Å². The summed E-state index contributed by atoms with van der Waals surface area (Å²) in [5, 5.41) is 12.4. The van der Waals surface area contributed by atoms with Crippen LogP contribution >= 0.6 is 11.6 Å². The van der Waals surface area contributed by atoms with Gasteiger partial charge in [0, 0.05) is 19.6 Å². The Morgan fingerprint density at radius 1 is 1.22 bits per heavy atom. The summed E-state index contributed by atoms with van der Waals surface area (Å²) in [7, 11) is -2.22. The number of benzene rings is 2. The zero-order valence-electron chi connectivity index (χ0n) is 15.4. The maximum Gasteiger partial charge on any atom is 0.252 e. The number of hydrogen-bond donors (Lipinski definition) is 2. The Labute approximate surface area is 164 Å². The summed E-state index contributed by atoms with van der Waals surface area (Å²) in [4.78, 5) is 12.5. The standard InChI is InChI=1S/C19H23ClN2O4S/c1-13(2)22(3)27(25,26)16-7-8-18(20)17(12-16)19(24)21-10-9-14-5-4-6-15(23)11-14/h4-8,11-13,23H,9-10H2,1-3H3,(H,21,24). The zero-order chi connectivity index (χ0) is 20.2. The normalized spacial score (nSPS) is 11.8. The molecule has 27 heavy (non-hydrogen) atoms. The fourth-order valence-electron chi connectivity index (χ4n) is 2.41. The van der Waals surface area contributed by atoms with E-state index in [1.807, 2.05) is 6.07 Å². The van der Waals surface area contributed by atoms with Gasteiger partial charge in [-0.15, -0.1) is 0 Å². The van der Waals surface area contributed by atoms with E-state index in [0.29, 0.717) is 13.0 Å². The minimum absolute atomic E-state index is 0.0150. The SMILES string of the molecule is CC(C)N(C)S(=O)(=O)c1ccc(Cl)c(C(=O)NCCc2cccc(O)c2)c1. The van der Waals surface area contributed by atoms with Gasteiger partial charge in [0.05, 0.1) is 15.5 Å². The van der Waals surface area contributed by atoms with E-state index in [1.165, 1.54) is 29.6 Å². The molecular weight excluding hydrogens is 388 g/mol. The lowest BCUT2D eigenvalue weighted by molar-refractivity contribution is 0.0954. The number of phenols is 1. The number of carbonyl (C=O) groups is 1. The minimum atomic E-state index is -3.71. The summed E-state index contributed by atoms with van der Waals surface area (Å²) in [6, 6.07) is 10.6. The lowest BCUT2D eigenvalue weighted by Crippen LogP contribution is -2.33. The van der Waals surface area contributed by atoms with Crippen molar-refractivity contribution in [2.75, 3.05) is 13.6 Å². The molecule has 0 atom stereocenters. The first-order chi connectivity index (χ1) is 12.6. The van der Waals surface area contributed by atoms with Gasteiger partial charge in [-0.3, -0.25) is 4.79 Å². The molecule has 0 radical (unpaired) electrons. The first-order valence-corrected chi connectivity index (χ1v) is 10.3. The molecule has 0 fully saturated rings. The number of amides is 1. The van der Waals surface area contributed by atoms with E-state index < -0.39 is 15.9 Å². The number of carbonyl (C=O) groups excluding carboxylic acids is 1. The Kier molecular flexibility index (Phi) is 6.86. The van der Waals surface area contributed by atoms with Crippen LogP contribution in [0, 0.1) is 0 Å². The quantitative estimate of drug-likeness (QED) is 0.734. The number of sulfonamides is 1. The molecule has 0 saturated carbocycles. The van der Waals surface area contributed by atoms with Gasteiger partial charge in [-0.2, -0.15) is 4.31 Å². The Balaban J connectivity index is 2.14. The van der Waals surface area contributed by atoms with Crippen molar-refractivity contribution < 1.29 is 18.3 Å². The van der Waals surface area contributed by atoms with Gasteiger partial charge in [0.25, 0.3) is 5.91 Å². The van der Waals surface area contributed by atoms with Crippen LogP contribution in [0.4, 0.5) is 0 Å². The highest BCUT2D eigenvalue weighted by molar-refractivity contribution is 7.89. The van der Waals surface area contributed by atoms with Crippen molar-refractivity contribution in [2.45, 2.75) is 31.2 Å². The number of phenolic OH excluding ortho intramolecular Hbond substituents is 1. The van der Waals surface area contributed by atoms with Crippen LogP contribution in [0.15, 0.2) is 47.4 Å². The Morgan fingerprint density at radius 2 is 1.93 bits per heavy atom. The summed E-state index contributed by atoms with van der Waals surface area (Å²) in [5.74, 6) is -0.293. The van der Waals surface area contributed by atoms with Crippen LogP contribution in [0.2, 0.25) is 5.02 Å². The molecule has 146 valence electrons. The van der Waals surface area contributed by atoms with E-state index in [4.69, 9.17) is 11.6 Å². The van der Waals surface area contributed by atoms with Crippen molar-refractivity contribution in [1.82, 2.24) is 9.62 Å². The summed E-state index contributed by atoms with van der Waals surface area (Å²) < 4.78 is 26.5. The topological polar surface area (TPSA) is 86.7 Å². The lowest BCUT2D eigenvalue weighted by Gasteiger charge is -2.21. The molecule has 1 amide bonds. The van der Waals surface area contributed by atoms with Crippen LogP contribution < -0.4 is 5.32 Å². The summed E-state index contributed by atoms with van der Waals surface area (Å²) in [6.45, 7) is 3.85. The summed E-state index contributed by atoms with van der Waals surface area (Å²) in [5.41, 5.74) is 0.974. The molecule has 0 aromatic heterocycles. The average Bonchev–Trinajstić information content (AvgIpc) is 2.61. The minimum Gasteiger partial charge on any atom is -0.508 e. The first kappa shape index (κ1) is 21.2. The highest BCUT2D eigenvalue weighted by Gasteiger charge is 2.25.